The van der Waals surface area contributed by atoms with Crippen molar-refractivity contribution < 1.29 is 23.8 Å². The first kappa shape index (κ1) is 15.0. The van der Waals surface area contributed by atoms with Gasteiger partial charge in [0.15, 0.2) is 5.54 Å². The number of hydrogen-bond donors (Lipinski definition) is 0. The zero-order valence-corrected chi connectivity index (χ0v) is 12.0. The van der Waals surface area contributed by atoms with Gasteiger partial charge in [0.2, 0.25) is 5.90 Å². The molecule has 1 aromatic carbocycles. The molecule has 0 spiro atoms. The lowest BCUT2D eigenvalue weighted by molar-refractivity contribution is -0.148. The van der Waals surface area contributed by atoms with E-state index in [2.05, 4.69) is 9.73 Å². The van der Waals surface area contributed by atoms with Gasteiger partial charge in [-0.3, -0.25) is 4.79 Å². The highest BCUT2D eigenvalue weighted by atomic mass is 16.5. The van der Waals surface area contributed by atoms with Gasteiger partial charge in [0.05, 0.1) is 14.2 Å². The Morgan fingerprint density at radius 3 is 2.57 bits per heavy atom. The van der Waals surface area contributed by atoms with Gasteiger partial charge in [-0.2, -0.15) is 0 Å². The van der Waals surface area contributed by atoms with Gasteiger partial charge < -0.3 is 14.2 Å². The monoisotopic (exact) mass is 291 g/mol. The highest BCUT2D eigenvalue weighted by Gasteiger charge is 2.45. The standard InChI is InChI=1S/C15H17NO5/c1-19-12(17)8-9-15(14(18)20-2)10-21-13(16-15)11-6-4-3-5-7-11/h3-7H,8-10H2,1-2H3. The molecule has 0 amide bonds. The van der Waals surface area contributed by atoms with Crippen molar-refractivity contribution in [1.82, 2.24) is 0 Å². The number of methoxy groups -OCH3 is 2. The SMILES string of the molecule is COC(=O)CCC1(C(=O)OC)COC(c2ccccc2)=N1. The molecule has 0 fully saturated rings. The zero-order valence-electron chi connectivity index (χ0n) is 12.0. The second kappa shape index (κ2) is 6.39. The normalized spacial score (nSPS) is 20.4. The number of ether oxygens (including phenoxy) is 3. The van der Waals surface area contributed by atoms with Crippen molar-refractivity contribution in [2.75, 3.05) is 20.8 Å². The Bertz CT molecular complexity index is 554. The topological polar surface area (TPSA) is 74.2 Å². The summed E-state index contributed by atoms with van der Waals surface area (Å²) in [6.45, 7) is 0.0564. The average molecular weight is 291 g/mol. The van der Waals surface area contributed by atoms with Crippen molar-refractivity contribution in [3.63, 3.8) is 0 Å². The summed E-state index contributed by atoms with van der Waals surface area (Å²) >= 11 is 0. The summed E-state index contributed by atoms with van der Waals surface area (Å²) in [5.41, 5.74) is -0.407. The van der Waals surface area contributed by atoms with Crippen LogP contribution >= 0.6 is 0 Å². The Kier molecular flexibility index (Phi) is 4.57. The van der Waals surface area contributed by atoms with Gasteiger partial charge in [-0.1, -0.05) is 18.2 Å². The van der Waals surface area contributed by atoms with Gasteiger partial charge in [0.1, 0.15) is 6.61 Å². The molecule has 6 heteroatoms. The zero-order chi connectivity index (χ0) is 15.3. The third kappa shape index (κ3) is 3.21. The summed E-state index contributed by atoms with van der Waals surface area (Å²) in [5, 5.41) is 0. The van der Waals surface area contributed by atoms with E-state index >= 15 is 0 Å². The summed E-state index contributed by atoms with van der Waals surface area (Å²) in [5.74, 6) is -0.537. The second-order valence-electron chi connectivity index (χ2n) is 4.67. The molecule has 1 aliphatic rings. The lowest BCUT2D eigenvalue weighted by Crippen LogP contribution is -2.40. The first-order chi connectivity index (χ1) is 10.1. The van der Waals surface area contributed by atoms with Crippen molar-refractivity contribution in [3.05, 3.63) is 35.9 Å². The fourth-order valence-corrected chi connectivity index (χ4v) is 2.11. The number of esters is 2. The Morgan fingerprint density at radius 2 is 1.95 bits per heavy atom. The van der Waals surface area contributed by atoms with Crippen LogP contribution in [0.25, 0.3) is 0 Å². The first-order valence-electron chi connectivity index (χ1n) is 6.54. The summed E-state index contributed by atoms with van der Waals surface area (Å²) in [4.78, 5) is 27.7. The van der Waals surface area contributed by atoms with E-state index in [0.29, 0.717) is 5.90 Å². The number of rotatable bonds is 5. The van der Waals surface area contributed by atoms with Crippen LogP contribution in [0.5, 0.6) is 0 Å². The minimum Gasteiger partial charge on any atom is -0.474 e. The predicted octanol–water partition coefficient (Wildman–Crippen LogP) is 1.33. The molecule has 2 rings (SSSR count). The van der Waals surface area contributed by atoms with E-state index in [0.717, 1.165) is 5.56 Å². The van der Waals surface area contributed by atoms with E-state index < -0.39 is 17.5 Å². The number of aliphatic imine (C=N–C) groups is 1. The molecule has 6 nitrogen and oxygen atoms in total. The highest BCUT2D eigenvalue weighted by molar-refractivity contribution is 5.99. The lowest BCUT2D eigenvalue weighted by atomic mass is 9.95. The molecule has 0 aliphatic carbocycles. The number of hydrogen-bond acceptors (Lipinski definition) is 6. The maximum absolute atomic E-state index is 12.1. The maximum atomic E-state index is 12.1. The Balaban J connectivity index is 2.24. The van der Waals surface area contributed by atoms with E-state index in [1.807, 2.05) is 30.3 Å². The van der Waals surface area contributed by atoms with E-state index in [1.165, 1.54) is 14.2 Å². The molecule has 1 aromatic rings. The van der Waals surface area contributed by atoms with Crippen LogP contribution in [-0.2, 0) is 23.8 Å². The third-order valence-electron chi connectivity index (χ3n) is 3.32. The minimum absolute atomic E-state index is 0.0564. The summed E-state index contributed by atoms with van der Waals surface area (Å²) < 4.78 is 14.9. The van der Waals surface area contributed by atoms with Crippen LogP contribution < -0.4 is 0 Å². The summed E-state index contributed by atoms with van der Waals surface area (Å²) in [6, 6.07) is 9.27. The maximum Gasteiger partial charge on any atom is 0.337 e. The van der Waals surface area contributed by atoms with E-state index in [-0.39, 0.29) is 19.4 Å². The van der Waals surface area contributed by atoms with Gasteiger partial charge in [0.25, 0.3) is 0 Å². The van der Waals surface area contributed by atoms with Crippen LogP contribution in [0.2, 0.25) is 0 Å². The van der Waals surface area contributed by atoms with Crippen molar-refractivity contribution in [3.8, 4) is 0 Å². The van der Waals surface area contributed by atoms with Crippen LogP contribution in [0, 0.1) is 0 Å². The van der Waals surface area contributed by atoms with Crippen LogP contribution in [-0.4, -0.2) is 44.2 Å². The van der Waals surface area contributed by atoms with Gasteiger partial charge in [-0.15, -0.1) is 0 Å². The predicted molar refractivity (Wildman–Crippen MR) is 74.9 cm³/mol. The fourth-order valence-electron chi connectivity index (χ4n) is 2.11. The molecule has 1 atom stereocenters. The first-order valence-corrected chi connectivity index (χ1v) is 6.54. The smallest absolute Gasteiger partial charge is 0.337 e. The molecule has 1 heterocycles. The molecule has 1 unspecified atom stereocenters. The van der Waals surface area contributed by atoms with E-state index in [1.54, 1.807) is 0 Å². The van der Waals surface area contributed by atoms with E-state index in [4.69, 9.17) is 9.47 Å². The summed E-state index contributed by atoms with van der Waals surface area (Å²) in [7, 11) is 2.59. The van der Waals surface area contributed by atoms with E-state index in [9.17, 15) is 9.59 Å². The summed E-state index contributed by atoms with van der Waals surface area (Å²) in [6.07, 6.45) is 0.253. The Morgan fingerprint density at radius 1 is 1.24 bits per heavy atom. The number of carbonyl (C=O) groups is 2. The largest absolute Gasteiger partial charge is 0.474 e. The molecule has 0 saturated carbocycles. The molecule has 21 heavy (non-hydrogen) atoms. The molecule has 0 N–H and O–H groups in total. The van der Waals surface area contributed by atoms with Crippen LogP contribution in [0.15, 0.2) is 35.3 Å². The van der Waals surface area contributed by atoms with Crippen LogP contribution in [0.3, 0.4) is 0 Å². The van der Waals surface area contributed by atoms with Crippen molar-refractivity contribution in [2.45, 2.75) is 18.4 Å². The molecular weight excluding hydrogens is 274 g/mol. The molecule has 1 aliphatic heterocycles. The third-order valence-corrected chi connectivity index (χ3v) is 3.32. The molecule has 0 saturated heterocycles. The average Bonchev–Trinajstić information content (AvgIpc) is 2.98. The number of benzene rings is 1. The minimum atomic E-state index is -1.19. The van der Waals surface area contributed by atoms with Crippen molar-refractivity contribution in [2.24, 2.45) is 4.99 Å². The Labute approximate surface area is 122 Å². The molecular formula is C15H17NO5. The number of carbonyl (C=O) groups excluding carboxylic acids is 2. The quantitative estimate of drug-likeness (QED) is 0.765. The number of nitrogens with zero attached hydrogens (tertiary/aromatic N) is 1. The van der Waals surface area contributed by atoms with Crippen molar-refractivity contribution >= 4 is 17.8 Å². The molecule has 0 radical (unpaired) electrons. The van der Waals surface area contributed by atoms with Gasteiger partial charge >= 0.3 is 11.9 Å². The lowest BCUT2D eigenvalue weighted by Gasteiger charge is -2.20. The van der Waals surface area contributed by atoms with Crippen LogP contribution in [0.1, 0.15) is 18.4 Å². The van der Waals surface area contributed by atoms with Gasteiger partial charge in [-0.25, -0.2) is 9.79 Å². The Hall–Kier alpha value is -2.37. The second-order valence-corrected chi connectivity index (χ2v) is 4.67. The highest BCUT2D eigenvalue weighted by Crippen LogP contribution is 2.28. The molecule has 0 aromatic heterocycles. The van der Waals surface area contributed by atoms with Gasteiger partial charge in [0, 0.05) is 12.0 Å². The van der Waals surface area contributed by atoms with Crippen LogP contribution in [0.4, 0.5) is 0 Å². The molecule has 112 valence electrons. The molecule has 0 bridgehead atoms. The fraction of sp³-hybridized carbons (Fsp3) is 0.400. The van der Waals surface area contributed by atoms with Crippen molar-refractivity contribution in [1.29, 1.82) is 0 Å². The van der Waals surface area contributed by atoms with Gasteiger partial charge in [-0.05, 0) is 18.6 Å².